The standard InChI is InChI=1S/C13H11N3/c14-9-10-6-7-12(8-13(10)15)16-11-4-2-1-3-5-11/h1-8,16H,15H2. The summed E-state index contributed by atoms with van der Waals surface area (Å²) in [6, 6.07) is 17.1. The number of nitrogens with two attached hydrogens (primary N) is 1. The van der Waals surface area contributed by atoms with Crippen LogP contribution in [0.3, 0.4) is 0 Å². The molecule has 0 aliphatic carbocycles. The van der Waals surface area contributed by atoms with Gasteiger partial charge in [0, 0.05) is 11.4 Å². The molecule has 0 aliphatic rings. The lowest BCUT2D eigenvalue weighted by molar-refractivity contribution is 1.47. The Kier molecular flexibility index (Phi) is 2.75. The van der Waals surface area contributed by atoms with E-state index >= 15 is 0 Å². The van der Waals surface area contributed by atoms with Crippen molar-refractivity contribution in [3.63, 3.8) is 0 Å². The van der Waals surface area contributed by atoms with Crippen LogP contribution in [0.4, 0.5) is 17.1 Å². The molecule has 3 nitrogen and oxygen atoms in total. The van der Waals surface area contributed by atoms with E-state index in [9.17, 15) is 0 Å². The molecule has 2 rings (SSSR count). The fourth-order valence-corrected chi connectivity index (χ4v) is 1.43. The first-order valence-corrected chi connectivity index (χ1v) is 4.91. The molecule has 0 radical (unpaired) electrons. The lowest BCUT2D eigenvalue weighted by Crippen LogP contribution is -1.94. The number of nitriles is 1. The van der Waals surface area contributed by atoms with Crippen LogP contribution < -0.4 is 11.1 Å². The Hall–Kier alpha value is -2.47. The summed E-state index contributed by atoms with van der Waals surface area (Å²) in [7, 11) is 0. The van der Waals surface area contributed by atoms with Gasteiger partial charge in [-0.05, 0) is 30.3 Å². The van der Waals surface area contributed by atoms with Crippen molar-refractivity contribution < 1.29 is 0 Å². The fraction of sp³-hybridized carbons (Fsp3) is 0. The van der Waals surface area contributed by atoms with Crippen LogP contribution in [0, 0.1) is 11.3 Å². The summed E-state index contributed by atoms with van der Waals surface area (Å²) in [5.74, 6) is 0. The Morgan fingerprint density at radius 1 is 1.00 bits per heavy atom. The molecule has 0 saturated heterocycles. The minimum Gasteiger partial charge on any atom is -0.398 e. The molecule has 2 aromatic rings. The number of nitrogens with zero attached hydrogens (tertiary/aromatic N) is 1. The Bertz CT molecular complexity index is 527. The minimum atomic E-state index is 0.489. The van der Waals surface area contributed by atoms with E-state index in [0.29, 0.717) is 11.3 Å². The van der Waals surface area contributed by atoms with Gasteiger partial charge in [0.25, 0.3) is 0 Å². The van der Waals surface area contributed by atoms with E-state index in [4.69, 9.17) is 11.0 Å². The van der Waals surface area contributed by atoms with Crippen molar-refractivity contribution in [2.75, 3.05) is 11.1 Å². The van der Waals surface area contributed by atoms with Crippen LogP contribution in [0.25, 0.3) is 0 Å². The number of rotatable bonds is 2. The maximum atomic E-state index is 8.75. The van der Waals surface area contributed by atoms with Gasteiger partial charge in [-0.15, -0.1) is 0 Å². The van der Waals surface area contributed by atoms with E-state index in [1.165, 1.54) is 0 Å². The quantitative estimate of drug-likeness (QED) is 0.747. The van der Waals surface area contributed by atoms with Crippen molar-refractivity contribution in [1.82, 2.24) is 0 Å². The summed E-state index contributed by atoms with van der Waals surface area (Å²) < 4.78 is 0. The highest BCUT2D eigenvalue weighted by molar-refractivity contribution is 5.67. The first-order valence-electron chi connectivity index (χ1n) is 4.91. The molecule has 2 aromatic carbocycles. The molecule has 0 unspecified atom stereocenters. The van der Waals surface area contributed by atoms with Crippen LogP contribution in [0.2, 0.25) is 0 Å². The second-order valence-corrected chi connectivity index (χ2v) is 3.40. The zero-order valence-corrected chi connectivity index (χ0v) is 8.64. The van der Waals surface area contributed by atoms with Crippen LogP contribution >= 0.6 is 0 Å². The Labute approximate surface area is 94.1 Å². The molecule has 0 heterocycles. The van der Waals surface area contributed by atoms with Crippen LogP contribution in [0.1, 0.15) is 5.56 Å². The number of para-hydroxylation sites is 1. The number of nitrogen functional groups attached to an aromatic ring is 1. The van der Waals surface area contributed by atoms with Crippen LogP contribution in [0.5, 0.6) is 0 Å². The summed E-state index contributed by atoms with van der Waals surface area (Å²) in [5, 5.41) is 12.0. The number of anilines is 3. The number of hydrogen-bond acceptors (Lipinski definition) is 3. The van der Waals surface area contributed by atoms with Gasteiger partial charge >= 0.3 is 0 Å². The normalized spacial score (nSPS) is 9.44. The van der Waals surface area contributed by atoms with Gasteiger partial charge in [0.2, 0.25) is 0 Å². The minimum absolute atomic E-state index is 0.489. The highest BCUT2D eigenvalue weighted by Gasteiger charge is 1.99. The molecule has 0 spiro atoms. The lowest BCUT2D eigenvalue weighted by atomic mass is 10.2. The summed E-state index contributed by atoms with van der Waals surface area (Å²) >= 11 is 0. The Balaban J connectivity index is 2.24. The molecule has 3 N–H and O–H groups in total. The van der Waals surface area contributed by atoms with Crippen LogP contribution in [-0.2, 0) is 0 Å². The van der Waals surface area contributed by atoms with Gasteiger partial charge in [-0.1, -0.05) is 18.2 Å². The van der Waals surface area contributed by atoms with Gasteiger partial charge in [-0.3, -0.25) is 0 Å². The predicted molar refractivity (Wildman–Crippen MR) is 65.3 cm³/mol. The summed E-state index contributed by atoms with van der Waals surface area (Å²) in [5.41, 5.74) is 8.58. The summed E-state index contributed by atoms with van der Waals surface area (Å²) in [6.45, 7) is 0. The van der Waals surface area contributed by atoms with Crippen molar-refractivity contribution >= 4 is 17.1 Å². The first kappa shape index (κ1) is 10.1. The molecular formula is C13H11N3. The molecule has 0 aromatic heterocycles. The second kappa shape index (κ2) is 4.37. The molecule has 0 atom stereocenters. The van der Waals surface area contributed by atoms with Gasteiger partial charge in [-0.25, -0.2) is 0 Å². The van der Waals surface area contributed by atoms with Gasteiger partial charge in [0.15, 0.2) is 0 Å². The molecule has 0 saturated carbocycles. The number of hydrogen-bond donors (Lipinski definition) is 2. The molecule has 0 bridgehead atoms. The second-order valence-electron chi connectivity index (χ2n) is 3.40. The maximum Gasteiger partial charge on any atom is 0.101 e. The van der Waals surface area contributed by atoms with Gasteiger partial charge in [0.05, 0.1) is 11.3 Å². The molecule has 0 aliphatic heterocycles. The maximum absolute atomic E-state index is 8.75. The van der Waals surface area contributed by atoms with Crippen molar-refractivity contribution in [2.24, 2.45) is 0 Å². The first-order chi connectivity index (χ1) is 7.79. The zero-order chi connectivity index (χ0) is 11.4. The average Bonchev–Trinajstić information content (AvgIpc) is 2.31. The smallest absolute Gasteiger partial charge is 0.101 e. The van der Waals surface area contributed by atoms with Gasteiger partial charge in [0.1, 0.15) is 6.07 Å². The lowest BCUT2D eigenvalue weighted by Gasteiger charge is -2.07. The molecule has 0 amide bonds. The van der Waals surface area contributed by atoms with E-state index in [1.54, 1.807) is 12.1 Å². The largest absolute Gasteiger partial charge is 0.398 e. The molecule has 16 heavy (non-hydrogen) atoms. The number of benzene rings is 2. The molecule has 3 heteroatoms. The van der Waals surface area contributed by atoms with E-state index in [1.807, 2.05) is 42.5 Å². The van der Waals surface area contributed by atoms with Crippen LogP contribution in [-0.4, -0.2) is 0 Å². The summed E-state index contributed by atoms with van der Waals surface area (Å²) in [6.07, 6.45) is 0. The predicted octanol–water partition coefficient (Wildman–Crippen LogP) is 2.88. The zero-order valence-electron chi connectivity index (χ0n) is 8.64. The summed E-state index contributed by atoms with van der Waals surface area (Å²) in [4.78, 5) is 0. The van der Waals surface area contributed by atoms with Gasteiger partial charge < -0.3 is 11.1 Å². The third-order valence-corrected chi connectivity index (χ3v) is 2.23. The Morgan fingerprint density at radius 2 is 1.75 bits per heavy atom. The van der Waals surface area contributed by atoms with E-state index in [-0.39, 0.29) is 0 Å². The van der Waals surface area contributed by atoms with Gasteiger partial charge in [-0.2, -0.15) is 5.26 Å². The molecule has 0 fully saturated rings. The van der Waals surface area contributed by atoms with E-state index in [2.05, 4.69) is 5.32 Å². The highest BCUT2D eigenvalue weighted by Crippen LogP contribution is 2.20. The molecule has 78 valence electrons. The Morgan fingerprint density at radius 3 is 2.38 bits per heavy atom. The monoisotopic (exact) mass is 209 g/mol. The van der Waals surface area contributed by atoms with E-state index in [0.717, 1.165) is 11.4 Å². The van der Waals surface area contributed by atoms with Crippen molar-refractivity contribution in [3.8, 4) is 6.07 Å². The third-order valence-electron chi connectivity index (χ3n) is 2.23. The molecular weight excluding hydrogens is 198 g/mol. The topological polar surface area (TPSA) is 61.8 Å². The van der Waals surface area contributed by atoms with Crippen LogP contribution in [0.15, 0.2) is 48.5 Å². The SMILES string of the molecule is N#Cc1ccc(Nc2ccccc2)cc1N. The third kappa shape index (κ3) is 2.12. The fourth-order valence-electron chi connectivity index (χ4n) is 1.43. The number of nitrogens with one attached hydrogen (secondary N) is 1. The highest BCUT2D eigenvalue weighted by atomic mass is 14.9. The van der Waals surface area contributed by atoms with Crippen molar-refractivity contribution in [3.05, 3.63) is 54.1 Å². The van der Waals surface area contributed by atoms with Crippen molar-refractivity contribution in [2.45, 2.75) is 0 Å². The average molecular weight is 209 g/mol. The van der Waals surface area contributed by atoms with E-state index < -0.39 is 0 Å². The van der Waals surface area contributed by atoms with Crippen molar-refractivity contribution in [1.29, 1.82) is 5.26 Å².